The third-order valence-electron chi connectivity index (χ3n) is 1.28. The minimum atomic E-state index is 0. The molecule has 12 heavy (non-hydrogen) atoms. The van der Waals surface area contributed by atoms with Crippen molar-refractivity contribution in [2.45, 2.75) is 38.3 Å². The third-order valence-corrected chi connectivity index (χ3v) is 3.83. The van der Waals surface area contributed by atoms with Crippen molar-refractivity contribution in [1.82, 2.24) is 0 Å². The summed E-state index contributed by atoms with van der Waals surface area (Å²) in [5.41, 5.74) is 0. The van der Waals surface area contributed by atoms with Gasteiger partial charge in [0.05, 0.1) is 5.34 Å². The molecule has 0 atom stereocenters. The quantitative estimate of drug-likeness (QED) is 0.494. The molecule has 0 bridgehead atoms. The molecular formula is C9H21AlCl2. The Bertz CT molecular complexity index is 72.0. The second-order valence-electron chi connectivity index (χ2n) is 3.65. The van der Waals surface area contributed by atoms with Crippen molar-refractivity contribution < 1.29 is 1.43 Å². The van der Waals surface area contributed by atoms with Crippen LogP contribution in [0.2, 0.25) is 10.6 Å². The average Bonchev–Trinajstić information content (AvgIpc) is 1.87. The maximum absolute atomic E-state index is 4.76. The molecule has 0 aliphatic rings. The van der Waals surface area contributed by atoms with E-state index in [-0.39, 0.29) is 6.77 Å². The molecule has 0 heterocycles. The topological polar surface area (TPSA) is 0 Å². The van der Waals surface area contributed by atoms with Gasteiger partial charge in [0.1, 0.15) is 0 Å². The molecule has 0 unspecified atom stereocenters. The maximum Gasteiger partial charge on any atom is 0.0967 e. The van der Waals surface area contributed by atoms with Crippen molar-refractivity contribution >= 4 is 38.4 Å². The molecule has 0 aliphatic carbocycles. The van der Waals surface area contributed by atoms with Crippen LogP contribution in [0.25, 0.3) is 0 Å². The van der Waals surface area contributed by atoms with Gasteiger partial charge >= 0.3 is 65.3 Å². The van der Waals surface area contributed by atoms with Crippen molar-refractivity contribution in [3.8, 4) is 0 Å². The minimum absolute atomic E-state index is 0. The summed E-state index contributed by atoms with van der Waals surface area (Å²) in [5.74, 6) is 1.86. The van der Waals surface area contributed by atoms with Crippen LogP contribution in [0.3, 0.4) is 0 Å². The van der Waals surface area contributed by atoms with Crippen molar-refractivity contribution in [1.29, 1.82) is 0 Å². The fourth-order valence-corrected chi connectivity index (χ4v) is 2.29. The Morgan fingerprint density at radius 2 is 1.25 bits per heavy atom. The van der Waals surface area contributed by atoms with Crippen molar-refractivity contribution in [3.05, 3.63) is 0 Å². The van der Waals surface area contributed by atoms with Crippen LogP contribution < -0.4 is 0 Å². The van der Waals surface area contributed by atoms with Gasteiger partial charge in [0.25, 0.3) is 0 Å². The van der Waals surface area contributed by atoms with E-state index in [4.69, 9.17) is 23.2 Å². The van der Waals surface area contributed by atoms with E-state index in [1.807, 2.05) is 0 Å². The van der Waals surface area contributed by atoms with Crippen molar-refractivity contribution in [2.24, 2.45) is 11.8 Å². The van der Waals surface area contributed by atoms with E-state index in [1.165, 1.54) is 10.6 Å². The molecule has 0 aromatic rings. The van der Waals surface area contributed by atoms with Gasteiger partial charge in [0.15, 0.2) is 0 Å². The van der Waals surface area contributed by atoms with E-state index in [0.717, 1.165) is 27.1 Å². The normalized spacial score (nSPS) is 9.33. The molecule has 0 fully saturated rings. The Kier molecular flexibility index (Phi) is 15.7. The van der Waals surface area contributed by atoms with Crippen LogP contribution in [-0.2, 0) is 0 Å². The summed E-state index contributed by atoms with van der Waals surface area (Å²) in [4.78, 5) is 0. The first kappa shape index (κ1) is 15.6. The summed E-state index contributed by atoms with van der Waals surface area (Å²) >= 11 is 10.3. The zero-order chi connectivity index (χ0) is 9.98. The number of rotatable bonds is 4. The Morgan fingerprint density at radius 3 is 1.42 bits per heavy atom. The molecule has 0 amide bonds. The van der Waals surface area contributed by atoms with Crippen molar-refractivity contribution in [3.63, 3.8) is 0 Å². The van der Waals surface area contributed by atoms with Gasteiger partial charge in [-0.15, -0.1) is 23.2 Å². The van der Waals surface area contributed by atoms with E-state index >= 15 is 0 Å². The molecule has 0 saturated carbocycles. The van der Waals surface area contributed by atoms with Crippen LogP contribution in [0.4, 0.5) is 0 Å². The van der Waals surface area contributed by atoms with Crippen LogP contribution in [-0.4, -0.2) is 20.6 Å². The summed E-state index contributed by atoms with van der Waals surface area (Å²) in [6, 6.07) is 0. The molecule has 0 nitrogen and oxygen atoms in total. The van der Waals surface area contributed by atoms with E-state index in [2.05, 4.69) is 27.7 Å². The van der Waals surface area contributed by atoms with Gasteiger partial charge in [0.2, 0.25) is 0 Å². The number of hydrogen-bond donors (Lipinski definition) is 0. The largest absolute Gasteiger partial charge is 1.00 e. The summed E-state index contributed by atoms with van der Waals surface area (Å²) < 4.78 is 0. The van der Waals surface area contributed by atoms with E-state index in [1.54, 1.807) is 0 Å². The first-order chi connectivity index (χ1) is 5.54. The molecule has 74 valence electrons. The summed E-state index contributed by atoms with van der Waals surface area (Å²) in [7, 11) is 0. The Hall–Kier alpha value is 1.11. The zero-order valence-electron chi connectivity index (χ0n) is 9.61. The maximum atomic E-state index is 4.76. The number of halogens is 2. The van der Waals surface area contributed by atoms with Gasteiger partial charge in [0, 0.05) is 0 Å². The standard InChI is InChI=1S/2C4H9.CH2Cl2.Al.H/c2*1-4(2)3;2-1-3;;/h2*4H,1H2,2-3H3;1H2;;/q;;;+1;-1. The fraction of sp³-hybridized carbons (Fsp3) is 1.00. The molecular weight excluding hydrogens is 206 g/mol. The molecule has 0 aromatic heterocycles. The van der Waals surface area contributed by atoms with E-state index in [9.17, 15) is 0 Å². The van der Waals surface area contributed by atoms with Crippen LogP contribution in [0.1, 0.15) is 29.1 Å². The van der Waals surface area contributed by atoms with Crippen LogP contribution >= 0.6 is 23.2 Å². The second-order valence-corrected chi connectivity index (χ2v) is 5.98. The Morgan fingerprint density at radius 1 is 1.00 bits per heavy atom. The van der Waals surface area contributed by atoms with Gasteiger partial charge in [-0.2, -0.15) is 0 Å². The van der Waals surface area contributed by atoms with Crippen molar-refractivity contribution in [2.75, 3.05) is 5.34 Å². The third kappa shape index (κ3) is 22.5. The fourth-order valence-electron chi connectivity index (χ4n) is 0.763. The van der Waals surface area contributed by atoms with E-state index in [0.29, 0.717) is 0 Å². The van der Waals surface area contributed by atoms with Gasteiger partial charge < -0.3 is 1.43 Å². The molecule has 0 saturated heterocycles. The summed E-state index contributed by atoms with van der Waals surface area (Å²) in [6.07, 6.45) is 0. The Balaban J connectivity index is -0.000000220. The van der Waals surface area contributed by atoms with Crippen LogP contribution in [0.5, 0.6) is 0 Å². The summed E-state index contributed by atoms with van der Waals surface area (Å²) in [5, 5.41) is 3.16. The average molecular weight is 227 g/mol. The molecule has 3 heteroatoms. The van der Waals surface area contributed by atoms with Crippen LogP contribution in [0.15, 0.2) is 0 Å². The Labute approximate surface area is 95.2 Å². The van der Waals surface area contributed by atoms with Crippen LogP contribution in [0, 0.1) is 11.8 Å². The molecule has 0 radical (unpaired) electrons. The molecule has 0 aromatic carbocycles. The second kappa shape index (κ2) is 12.1. The smallest absolute Gasteiger partial charge is 0.0967 e. The van der Waals surface area contributed by atoms with Gasteiger partial charge in [-0.25, -0.2) is 0 Å². The zero-order valence-corrected chi connectivity index (χ0v) is 11.3. The summed E-state index contributed by atoms with van der Waals surface area (Å²) in [6.45, 7) is 9.25. The molecule has 0 spiro atoms. The van der Waals surface area contributed by atoms with Gasteiger partial charge in [-0.05, 0) is 0 Å². The molecule has 0 aliphatic heterocycles. The predicted molar refractivity (Wildman–Crippen MR) is 62.7 cm³/mol. The molecule has 0 rings (SSSR count). The predicted octanol–water partition coefficient (Wildman–Crippen LogP) is 4.37. The monoisotopic (exact) mass is 226 g/mol. The first-order valence-electron chi connectivity index (χ1n) is 4.48. The van der Waals surface area contributed by atoms with Gasteiger partial charge in [-0.3, -0.25) is 0 Å². The minimum Gasteiger partial charge on any atom is -1.00 e. The SMILES string of the molecule is CC(C)[CH2][Al+][CH2]C(C)C.ClCCl.[H-]. The molecule has 0 N–H and O–H groups in total. The first-order valence-corrected chi connectivity index (χ1v) is 7.18. The van der Waals surface area contributed by atoms with Gasteiger partial charge in [-0.1, -0.05) is 0 Å². The number of hydrogen-bond acceptors (Lipinski definition) is 0. The number of alkyl halides is 2. The van der Waals surface area contributed by atoms with E-state index < -0.39 is 0 Å².